The highest BCUT2D eigenvalue weighted by molar-refractivity contribution is 7.09. The van der Waals surface area contributed by atoms with E-state index in [-0.39, 0.29) is 5.82 Å². The average Bonchev–Trinajstić information content (AvgIpc) is 2.89. The van der Waals surface area contributed by atoms with Gasteiger partial charge in [0.1, 0.15) is 5.82 Å². The van der Waals surface area contributed by atoms with Crippen LogP contribution in [0.25, 0.3) is 0 Å². The first-order chi connectivity index (χ1) is 9.24. The quantitative estimate of drug-likeness (QED) is 0.747. The predicted molar refractivity (Wildman–Crippen MR) is 79.7 cm³/mol. The number of hydrogen-bond donors (Lipinski definition) is 0. The number of rotatable bonds is 6. The monoisotopic (exact) mass is 298 g/mol. The lowest BCUT2D eigenvalue weighted by molar-refractivity contribution is 0.617. The Kier molecular flexibility index (Phi) is 5.16. The van der Waals surface area contributed by atoms with Crippen molar-refractivity contribution in [3.05, 3.63) is 46.2 Å². The summed E-state index contributed by atoms with van der Waals surface area (Å²) >= 11 is 7.34. The molecule has 0 aliphatic rings. The van der Waals surface area contributed by atoms with Crippen molar-refractivity contribution in [2.24, 2.45) is 0 Å². The van der Waals surface area contributed by atoms with Gasteiger partial charge in [-0.1, -0.05) is 12.1 Å². The fourth-order valence-electron chi connectivity index (χ4n) is 1.91. The Morgan fingerprint density at radius 2 is 2.16 bits per heavy atom. The van der Waals surface area contributed by atoms with Crippen molar-refractivity contribution in [2.75, 3.05) is 18.0 Å². The number of para-hydroxylation sites is 1. The number of aromatic nitrogens is 1. The largest absolute Gasteiger partial charge is 0.369 e. The third kappa shape index (κ3) is 3.67. The molecule has 2 nitrogen and oxygen atoms in total. The van der Waals surface area contributed by atoms with E-state index in [1.165, 1.54) is 6.07 Å². The van der Waals surface area contributed by atoms with E-state index in [9.17, 15) is 4.39 Å². The molecule has 1 heterocycles. The molecule has 0 bridgehead atoms. The number of hydrogen-bond acceptors (Lipinski definition) is 3. The van der Waals surface area contributed by atoms with Crippen molar-refractivity contribution in [2.45, 2.75) is 19.2 Å². The third-order valence-electron chi connectivity index (χ3n) is 2.91. The molecule has 2 aromatic rings. The zero-order valence-electron chi connectivity index (χ0n) is 10.8. The van der Waals surface area contributed by atoms with E-state index in [0.717, 1.165) is 30.2 Å². The van der Waals surface area contributed by atoms with Crippen LogP contribution in [0.15, 0.2) is 29.6 Å². The molecule has 0 N–H and O–H groups in total. The van der Waals surface area contributed by atoms with Crippen molar-refractivity contribution in [3.63, 3.8) is 0 Å². The molecule has 0 saturated carbocycles. The summed E-state index contributed by atoms with van der Waals surface area (Å²) < 4.78 is 13.7. The Labute approximate surface area is 121 Å². The molecule has 102 valence electrons. The van der Waals surface area contributed by atoms with Crippen LogP contribution < -0.4 is 4.90 Å². The standard InChI is InChI=1S/C14H16ClFN2S/c1-2-18(13-6-4-3-5-12(13)16)8-7-14-17-11(9-15)10-19-14/h3-6,10H,2,7-9H2,1H3. The van der Waals surface area contributed by atoms with Gasteiger partial charge in [-0.05, 0) is 19.1 Å². The van der Waals surface area contributed by atoms with Crippen LogP contribution in [-0.4, -0.2) is 18.1 Å². The van der Waals surface area contributed by atoms with Crippen molar-refractivity contribution in [1.29, 1.82) is 0 Å². The SMILES string of the molecule is CCN(CCc1nc(CCl)cs1)c1ccccc1F. The van der Waals surface area contributed by atoms with Gasteiger partial charge in [0.05, 0.1) is 22.3 Å². The molecule has 0 radical (unpaired) electrons. The first kappa shape index (κ1) is 14.3. The highest BCUT2D eigenvalue weighted by Crippen LogP contribution is 2.19. The normalized spacial score (nSPS) is 10.7. The molecule has 0 aliphatic carbocycles. The van der Waals surface area contributed by atoms with E-state index in [2.05, 4.69) is 4.98 Å². The van der Waals surface area contributed by atoms with Crippen LogP contribution in [0.4, 0.5) is 10.1 Å². The van der Waals surface area contributed by atoms with E-state index in [0.29, 0.717) is 11.6 Å². The van der Waals surface area contributed by atoms with Crippen molar-refractivity contribution >= 4 is 28.6 Å². The van der Waals surface area contributed by atoms with Gasteiger partial charge >= 0.3 is 0 Å². The molecule has 5 heteroatoms. The first-order valence-corrected chi connectivity index (χ1v) is 7.64. The van der Waals surface area contributed by atoms with Crippen LogP contribution in [0.3, 0.4) is 0 Å². The Morgan fingerprint density at radius 3 is 2.79 bits per heavy atom. The van der Waals surface area contributed by atoms with Gasteiger partial charge in [0.15, 0.2) is 0 Å². The zero-order valence-corrected chi connectivity index (χ0v) is 12.3. The summed E-state index contributed by atoms with van der Waals surface area (Å²) in [5.74, 6) is 0.270. The van der Waals surface area contributed by atoms with Crippen LogP contribution in [0.5, 0.6) is 0 Å². The van der Waals surface area contributed by atoms with Crippen LogP contribution >= 0.6 is 22.9 Å². The van der Waals surface area contributed by atoms with Gasteiger partial charge in [-0.3, -0.25) is 0 Å². The second-order valence-electron chi connectivity index (χ2n) is 4.15. The Morgan fingerprint density at radius 1 is 1.37 bits per heavy atom. The average molecular weight is 299 g/mol. The molecule has 0 spiro atoms. The summed E-state index contributed by atoms with van der Waals surface area (Å²) in [6.07, 6.45) is 0.809. The molecular formula is C14H16ClFN2S. The van der Waals surface area contributed by atoms with Crippen molar-refractivity contribution < 1.29 is 4.39 Å². The second kappa shape index (κ2) is 6.87. The third-order valence-corrected chi connectivity index (χ3v) is 4.14. The maximum Gasteiger partial charge on any atom is 0.146 e. The lowest BCUT2D eigenvalue weighted by atomic mass is 10.2. The molecule has 19 heavy (non-hydrogen) atoms. The Bertz CT molecular complexity index is 530. The minimum Gasteiger partial charge on any atom is -0.369 e. The summed E-state index contributed by atoms with van der Waals surface area (Å²) in [5.41, 5.74) is 1.56. The fourth-order valence-corrected chi connectivity index (χ4v) is 2.93. The van der Waals surface area contributed by atoms with Crippen molar-refractivity contribution in [3.8, 4) is 0 Å². The lowest BCUT2D eigenvalue weighted by Gasteiger charge is -2.23. The molecule has 1 aromatic heterocycles. The van der Waals surface area contributed by atoms with Gasteiger partial charge in [-0.25, -0.2) is 9.37 Å². The highest BCUT2D eigenvalue weighted by atomic mass is 35.5. The topological polar surface area (TPSA) is 16.1 Å². The van der Waals surface area contributed by atoms with Crippen LogP contribution in [-0.2, 0) is 12.3 Å². The smallest absolute Gasteiger partial charge is 0.146 e. The van der Waals surface area contributed by atoms with E-state index in [1.54, 1.807) is 17.4 Å². The number of halogens is 2. The summed E-state index contributed by atoms with van der Waals surface area (Å²) in [4.78, 5) is 6.44. The Balaban J connectivity index is 2.02. The Hall–Kier alpha value is -1.13. The van der Waals surface area contributed by atoms with Gasteiger partial charge in [0.25, 0.3) is 0 Å². The highest BCUT2D eigenvalue weighted by Gasteiger charge is 2.10. The predicted octanol–water partition coefficient (Wildman–Crippen LogP) is 4.09. The van der Waals surface area contributed by atoms with Gasteiger partial charge in [0.2, 0.25) is 0 Å². The van der Waals surface area contributed by atoms with E-state index in [4.69, 9.17) is 11.6 Å². The molecule has 0 atom stereocenters. The number of thiazole rings is 1. The van der Waals surface area contributed by atoms with E-state index in [1.807, 2.05) is 29.3 Å². The molecule has 0 saturated heterocycles. The number of anilines is 1. The van der Waals surface area contributed by atoms with Gasteiger partial charge in [-0.2, -0.15) is 0 Å². The fraction of sp³-hybridized carbons (Fsp3) is 0.357. The number of likely N-dealkylation sites (N-methyl/N-ethyl adjacent to an activating group) is 1. The number of nitrogens with zero attached hydrogens (tertiary/aromatic N) is 2. The van der Waals surface area contributed by atoms with Crippen molar-refractivity contribution in [1.82, 2.24) is 4.98 Å². The first-order valence-electron chi connectivity index (χ1n) is 6.23. The molecule has 1 aromatic carbocycles. The molecule has 0 amide bonds. The molecule has 2 rings (SSSR count). The van der Waals surface area contributed by atoms with Gasteiger partial charge < -0.3 is 4.90 Å². The van der Waals surface area contributed by atoms with E-state index >= 15 is 0 Å². The second-order valence-corrected chi connectivity index (χ2v) is 5.36. The summed E-state index contributed by atoms with van der Waals surface area (Å²) in [7, 11) is 0. The molecule has 0 unspecified atom stereocenters. The zero-order chi connectivity index (χ0) is 13.7. The van der Waals surface area contributed by atoms with E-state index < -0.39 is 0 Å². The van der Waals surface area contributed by atoms with Crippen LogP contribution in [0, 0.1) is 5.82 Å². The van der Waals surface area contributed by atoms with Crippen LogP contribution in [0.2, 0.25) is 0 Å². The van der Waals surface area contributed by atoms with Gasteiger partial charge in [-0.15, -0.1) is 22.9 Å². The minimum absolute atomic E-state index is 0.176. The van der Waals surface area contributed by atoms with Gasteiger partial charge in [0, 0.05) is 24.9 Å². The number of alkyl halides is 1. The molecular weight excluding hydrogens is 283 g/mol. The maximum atomic E-state index is 13.7. The molecule has 0 fully saturated rings. The van der Waals surface area contributed by atoms with Crippen LogP contribution in [0.1, 0.15) is 17.6 Å². The number of benzene rings is 1. The summed E-state index contributed by atoms with van der Waals surface area (Å²) in [6, 6.07) is 6.87. The lowest BCUT2D eigenvalue weighted by Crippen LogP contribution is -2.26. The minimum atomic E-state index is -0.176. The maximum absolute atomic E-state index is 13.7. The summed E-state index contributed by atoms with van der Waals surface area (Å²) in [6.45, 7) is 3.56. The molecule has 0 aliphatic heterocycles. The summed E-state index contributed by atoms with van der Waals surface area (Å²) in [5, 5.41) is 3.02.